The molecule has 0 unspecified atom stereocenters. The summed E-state index contributed by atoms with van der Waals surface area (Å²) < 4.78 is 17.8. The first-order valence-corrected chi connectivity index (χ1v) is 19.8. The average molecular weight is 701 g/mol. The van der Waals surface area contributed by atoms with E-state index < -0.39 is 0 Å². The number of hydrogen-bond donors (Lipinski definition) is 2. The van der Waals surface area contributed by atoms with Crippen LogP contribution in [0.25, 0.3) is 0 Å². The number of nitrogens with zero attached hydrogens (tertiary/aromatic N) is 2. The van der Waals surface area contributed by atoms with Crippen molar-refractivity contribution in [3.05, 3.63) is 65.7 Å². The minimum absolute atomic E-state index is 0.0996. The molecule has 0 aliphatic heterocycles. The molecule has 0 saturated carbocycles. The average Bonchev–Trinajstić information content (AvgIpc) is 3.13. The van der Waals surface area contributed by atoms with Gasteiger partial charge in [-0.3, -0.25) is 9.98 Å². The molecule has 0 spiro atoms. The molecule has 0 radical (unpaired) electrons. The molecule has 3 rings (SSSR count). The maximum absolute atomic E-state index is 10.8. The van der Waals surface area contributed by atoms with Gasteiger partial charge in [-0.15, -0.1) is 0 Å². The van der Waals surface area contributed by atoms with E-state index in [2.05, 4.69) is 20.8 Å². The third-order valence-corrected chi connectivity index (χ3v) is 8.94. The maximum atomic E-state index is 10.8. The third kappa shape index (κ3) is 17.2. The van der Waals surface area contributed by atoms with Crippen LogP contribution in [0.5, 0.6) is 28.7 Å². The second kappa shape index (κ2) is 25.9. The van der Waals surface area contributed by atoms with E-state index in [9.17, 15) is 10.2 Å². The largest absolute Gasteiger partial charge is 0.507 e. The zero-order valence-corrected chi connectivity index (χ0v) is 31.7. The van der Waals surface area contributed by atoms with Gasteiger partial charge in [0.25, 0.3) is 0 Å². The van der Waals surface area contributed by atoms with Gasteiger partial charge in [-0.25, -0.2) is 0 Å². The Morgan fingerprint density at radius 2 is 0.784 bits per heavy atom. The summed E-state index contributed by atoms with van der Waals surface area (Å²) in [7, 11) is 0. The van der Waals surface area contributed by atoms with Crippen LogP contribution in [0.2, 0.25) is 0 Å². The molecular formula is C44H64N2O5. The number of ether oxygens (including phenoxy) is 3. The predicted octanol–water partition coefficient (Wildman–Crippen LogP) is 12.8. The first-order chi connectivity index (χ1) is 25.0. The van der Waals surface area contributed by atoms with Crippen molar-refractivity contribution in [2.75, 3.05) is 19.8 Å². The summed E-state index contributed by atoms with van der Waals surface area (Å²) in [5.74, 6) is 2.21. The summed E-state index contributed by atoms with van der Waals surface area (Å²) in [6.07, 6.45) is 24.9. The molecule has 0 bridgehead atoms. The normalized spacial score (nSPS) is 11.5. The fourth-order valence-corrected chi connectivity index (χ4v) is 5.75. The lowest BCUT2D eigenvalue weighted by Gasteiger charge is -2.10. The van der Waals surface area contributed by atoms with Crippen molar-refractivity contribution < 1.29 is 24.4 Å². The summed E-state index contributed by atoms with van der Waals surface area (Å²) >= 11 is 0. The highest BCUT2D eigenvalue weighted by atomic mass is 16.5. The van der Waals surface area contributed by atoms with Crippen LogP contribution in [0.3, 0.4) is 0 Å². The van der Waals surface area contributed by atoms with E-state index in [1.807, 2.05) is 42.5 Å². The van der Waals surface area contributed by atoms with Crippen LogP contribution >= 0.6 is 0 Å². The molecular weight excluding hydrogens is 636 g/mol. The summed E-state index contributed by atoms with van der Waals surface area (Å²) in [4.78, 5) is 9.43. The van der Waals surface area contributed by atoms with Gasteiger partial charge in [0.2, 0.25) is 0 Å². The quantitative estimate of drug-likeness (QED) is 0.0581. The molecule has 7 heteroatoms. The van der Waals surface area contributed by atoms with Crippen LogP contribution < -0.4 is 14.2 Å². The Bertz CT molecular complexity index is 1440. The number of benzene rings is 3. The van der Waals surface area contributed by atoms with Crippen LogP contribution in [0.1, 0.15) is 147 Å². The summed E-state index contributed by atoms with van der Waals surface area (Å²) in [5, 5.41) is 21.5. The van der Waals surface area contributed by atoms with E-state index in [0.29, 0.717) is 53.8 Å². The molecule has 0 fully saturated rings. The number of phenols is 2. The second-order valence-electron chi connectivity index (χ2n) is 13.5. The number of aliphatic imine (C=N–C) groups is 2. The molecule has 0 heterocycles. The molecule has 0 aliphatic carbocycles. The van der Waals surface area contributed by atoms with Crippen molar-refractivity contribution in [1.29, 1.82) is 0 Å². The number of unbranched alkanes of at least 4 members (excludes halogenated alkanes) is 15. The van der Waals surface area contributed by atoms with Gasteiger partial charge in [0, 0.05) is 41.8 Å². The van der Waals surface area contributed by atoms with E-state index in [4.69, 9.17) is 24.2 Å². The van der Waals surface area contributed by atoms with Crippen LogP contribution in [-0.2, 0) is 0 Å². The Labute approximate surface area is 308 Å². The van der Waals surface area contributed by atoms with Gasteiger partial charge in [-0.05, 0) is 55.7 Å². The number of hydrogen-bond acceptors (Lipinski definition) is 7. The fraction of sp³-hybridized carbons (Fsp3) is 0.545. The minimum atomic E-state index is 0.0996. The lowest BCUT2D eigenvalue weighted by atomic mass is 10.1. The fourth-order valence-electron chi connectivity index (χ4n) is 5.75. The maximum Gasteiger partial charge on any atom is 0.128 e. The first-order valence-electron chi connectivity index (χ1n) is 19.8. The topological polar surface area (TPSA) is 92.9 Å². The Morgan fingerprint density at radius 3 is 1.20 bits per heavy atom. The predicted molar refractivity (Wildman–Crippen MR) is 214 cm³/mol. The van der Waals surface area contributed by atoms with Gasteiger partial charge >= 0.3 is 0 Å². The molecule has 0 saturated heterocycles. The van der Waals surface area contributed by atoms with Crippen LogP contribution in [0, 0.1) is 0 Å². The summed E-state index contributed by atoms with van der Waals surface area (Å²) in [6.45, 7) is 8.57. The monoisotopic (exact) mass is 700 g/mol. The Morgan fingerprint density at radius 1 is 0.431 bits per heavy atom. The van der Waals surface area contributed by atoms with E-state index in [-0.39, 0.29) is 11.5 Å². The Hall–Kier alpha value is -4.00. The smallest absolute Gasteiger partial charge is 0.128 e. The van der Waals surface area contributed by atoms with E-state index in [1.165, 1.54) is 77.0 Å². The van der Waals surface area contributed by atoms with Gasteiger partial charge in [0.05, 0.1) is 31.2 Å². The molecule has 0 aliphatic rings. The van der Waals surface area contributed by atoms with Crippen LogP contribution in [-0.4, -0.2) is 42.5 Å². The van der Waals surface area contributed by atoms with Crippen molar-refractivity contribution in [1.82, 2.24) is 0 Å². The molecule has 0 atom stereocenters. The first kappa shape index (κ1) is 41.4. The Balaban J connectivity index is 1.67. The number of aromatic hydroxyl groups is 2. The zero-order chi connectivity index (χ0) is 36.4. The third-order valence-electron chi connectivity index (χ3n) is 8.94. The molecule has 7 nitrogen and oxygen atoms in total. The summed E-state index contributed by atoms with van der Waals surface area (Å²) in [5.41, 5.74) is 2.35. The van der Waals surface area contributed by atoms with Crippen LogP contribution in [0.4, 0.5) is 11.4 Å². The lowest BCUT2D eigenvalue weighted by molar-refractivity contribution is 0.302. The van der Waals surface area contributed by atoms with Crippen molar-refractivity contribution in [2.24, 2.45) is 9.98 Å². The minimum Gasteiger partial charge on any atom is -0.507 e. The highest BCUT2D eigenvalue weighted by molar-refractivity contribution is 5.90. The highest BCUT2D eigenvalue weighted by Crippen LogP contribution is 2.34. The molecule has 2 N–H and O–H groups in total. The van der Waals surface area contributed by atoms with Crippen molar-refractivity contribution >= 4 is 23.8 Å². The van der Waals surface area contributed by atoms with Crippen molar-refractivity contribution in [3.8, 4) is 28.7 Å². The SMILES string of the molecule is CCCCCCCCCCOc1ccc(N=Cc2ccc(OCCCCCCC)cc2O)c(N=Cc2ccc(OCCCCCCC)cc2O)c1. The van der Waals surface area contributed by atoms with Crippen molar-refractivity contribution in [2.45, 2.75) is 136 Å². The highest BCUT2D eigenvalue weighted by Gasteiger charge is 2.08. The van der Waals surface area contributed by atoms with Gasteiger partial charge in [0.15, 0.2) is 0 Å². The second-order valence-corrected chi connectivity index (χ2v) is 13.5. The van der Waals surface area contributed by atoms with Gasteiger partial charge in [-0.1, -0.05) is 117 Å². The van der Waals surface area contributed by atoms with E-state index >= 15 is 0 Å². The van der Waals surface area contributed by atoms with Gasteiger partial charge in [0.1, 0.15) is 28.7 Å². The number of rotatable bonds is 28. The molecule has 51 heavy (non-hydrogen) atoms. The van der Waals surface area contributed by atoms with Gasteiger partial charge < -0.3 is 24.4 Å². The molecule has 3 aromatic carbocycles. The Kier molecular flexibility index (Phi) is 21.0. The molecule has 280 valence electrons. The van der Waals surface area contributed by atoms with E-state index in [1.54, 1.807) is 24.6 Å². The van der Waals surface area contributed by atoms with Crippen molar-refractivity contribution in [3.63, 3.8) is 0 Å². The number of phenolic OH excluding ortho intramolecular Hbond substituents is 2. The molecule has 0 aromatic heterocycles. The molecule has 3 aromatic rings. The van der Waals surface area contributed by atoms with Gasteiger partial charge in [-0.2, -0.15) is 0 Å². The zero-order valence-electron chi connectivity index (χ0n) is 31.7. The standard InChI is InChI=1S/C44H64N2O5/c1-4-7-10-13-14-15-18-21-28-49-38-26-27-41(45-34-36-22-24-39(32-43(36)47)50-29-19-16-11-8-5-2)42(31-38)46-35-37-23-25-40(33-44(37)48)51-30-20-17-12-9-6-3/h22-27,31-35,47-48H,4-21,28-30H2,1-3H3. The lowest BCUT2D eigenvalue weighted by Crippen LogP contribution is -1.98. The van der Waals surface area contributed by atoms with Crippen LogP contribution in [0.15, 0.2) is 64.6 Å². The van der Waals surface area contributed by atoms with E-state index in [0.717, 1.165) is 44.3 Å². The molecule has 0 amide bonds. The summed E-state index contributed by atoms with van der Waals surface area (Å²) in [6, 6.07) is 16.3.